The van der Waals surface area contributed by atoms with Gasteiger partial charge in [-0.05, 0) is 0 Å². The van der Waals surface area contributed by atoms with E-state index in [1.54, 1.807) is 4.90 Å². The minimum atomic E-state index is -0.697. The third kappa shape index (κ3) is 1.91. The number of hydrogen-bond donors (Lipinski definition) is 1. The van der Waals surface area contributed by atoms with Gasteiger partial charge in [-0.3, -0.25) is 14.4 Å². The van der Waals surface area contributed by atoms with E-state index in [0.717, 1.165) is 0 Å². The van der Waals surface area contributed by atoms with E-state index >= 15 is 0 Å². The number of nitrogens with zero attached hydrogens (tertiary/aromatic N) is 1. The largest absolute Gasteiger partial charge is 0.468 e. The quantitative estimate of drug-likeness (QED) is 0.326. The van der Waals surface area contributed by atoms with Crippen LogP contribution in [0.4, 0.5) is 0 Å². The minimum absolute atomic E-state index is 0.0699. The summed E-state index contributed by atoms with van der Waals surface area (Å²) in [5, 5.41) is 2.88. The van der Waals surface area contributed by atoms with Crippen LogP contribution in [0.15, 0.2) is 0 Å². The average Bonchev–Trinajstić information content (AvgIpc) is 2.42. The van der Waals surface area contributed by atoms with E-state index in [0.29, 0.717) is 24.0 Å². The number of carbonyl (C=O) groups is 3. The molecule has 100 valence electrons. The number of rotatable bonds is 4. The van der Waals surface area contributed by atoms with E-state index in [1.807, 2.05) is 0 Å². The Morgan fingerprint density at radius 2 is 2.50 bits per heavy atom. The first-order valence-corrected chi connectivity index (χ1v) is 7.53. The molecule has 2 aliphatic heterocycles. The first kappa shape index (κ1) is 13.7. The Bertz CT molecular complexity index is 394. The highest BCUT2D eigenvalue weighted by Gasteiger charge is 2.56. The van der Waals surface area contributed by atoms with Gasteiger partial charge in [-0.25, -0.2) is 0 Å². The lowest BCUT2D eigenvalue weighted by Crippen LogP contribution is -2.73. The fraction of sp³-hybridized carbons (Fsp3) is 0.700. The smallest absolute Gasteiger partial charge is 0.315 e. The number of alkyl halides is 1. The molecule has 0 spiro atoms. The number of hydrogen-bond acceptors (Lipinski definition) is 5. The van der Waals surface area contributed by atoms with Crippen molar-refractivity contribution in [3.05, 3.63) is 0 Å². The lowest BCUT2D eigenvalue weighted by molar-refractivity contribution is -0.158. The molecule has 2 amide bonds. The summed E-state index contributed by atoms with van der Waals surface area (Å²) in [6.45, 7) is 0.332. The van der Waals surface area contributed by atoms with E-state index in [4.69, 9.17) is 4.74 Å². The maximum Gasteiger partial charge on any atom is 0.315 e. The molecule has 0 aliphatic carbocycles. The van der Waals surface area contributed by atoms with Crippen LogP contribution in [0.2, 0.25) is 0 Å². The number of nitrogens with one attached hydrogen (secondary N) is 1. The number of esters is 1. The van der Waals surface area contributed by atoms with E-state index < -0.39 is 11.5 Å². The van der Waals surface area contributed by atoms with Gasteiger partial charge in [0.15, 0.2) is 0 Å². The van der Waals surface area contributed by atoms with Crippen molar-refractivity contribution in [3.8, 4) is 0 Å². The van der Waals surface area contributed by atoms with Crippen LogP contribution >= 0.6 is 27.7 Å². The Kier molecular flexibility index (Phi) is 3.86. The molecule has 6 nitrogen and oxygen atoms in total. The van der Waals surface area contributed by atoms with Gasteiger partial charge in [0, 0.05) is 17.6 Å². The third-order valence-corrected chi connectivity index (χ3v) is 5.93. The molecule has 2 heterocycles. The number of amides is 2. The summed E-state index contributed by atoms with van der Waals surface area (Å²) in [6, 6.07) is -0.460. The summed E-state index contributed by atoms with van der Waals surface area (Å²) in [6.07, 6.45) is 0.535. The minimum Gasteiger partial charge on any atom is -0.468 e. The molecular weight excluding hydrogens is 324 g/mol. The Balaban J connectivity index is 2.10. The fourth-order valence-corrected chi connectivity index (χ4v) is 4.61. The Hall–Kier alpha value is -0.760. The summed E-state index contributed by atoms with van der Waals surface area (Å²) in [7, 11) is 1.35. The number of carbonyl (C=O) groups excluding carboxylic acids is 3. The predicted molar refractivity (Wildman–Crippen MR) is 69.2 cm³/mol. The highest BCUT2D eigenvalue weighted by atomic mass is 79.9. The number of fused-ring (bicyclic) bond motifs is 1. The van der Waals surface area contributed by atoms with Crippen molar-refractivity contribution in [2.45, 2.75) is 11.4 Å². The molecule has 8 heteroatoms. The number of halogens is 1. The summed E-state index contributed by atoms with van der Waals surface area (Å²) >= 11 is 4.82. The molecule has 0 aromatic rings. The molecule has 18 heavy (non-hydrogen) atoms. The first-order valence-electron chi connectivity index (χ1n) is 5.36. The zero-order valence-corrected chi connectivity index (χ0v) is 12.1. The van der Waals surface area contributed by atoms with E-state index in [-0.39, 0.29) is 17.3 Å². The van der Waals surface area contributed by atoms with Gasteiger partial charge in [0.1, 0.15) is 16.8 Å². The molecule has 2 aliphatic rings. The topological polar surface area (TPSA) is 75.7 Å². The third-order valence-electron chi connectivity index (χ3n) is 3.27. The van der Waals surface area contributed by atoms with Crippen LogP contribution in [0.25, 0.3) is 0 Å². The van der Waals surface area contributed by atoms with E-state index in [2.05, 4.69) is 21.2 Å². The van der Waals surface area contributed by atoms with Crippen LogP contribution < -0.4 is 5.32 Å². The molecule has 2 saturated heterocycles. The molecule has 0 bridgehead atoms. The molecule has 1 N–H and O–H groups in total. The molecule has 2 rings (SSSR count). The molecular formula is C10H13BrN2O4S. The summed E-state index contributed by atoms with van der Waals surface area (Å²) < 4.78 is 4.81. The summed E-state index contributed by atoms with van der Waals surface area (Å²) in [5.74, 6) is 0.106. The van der Waals surface area contributed by atoms with Crippen LogP contribution in [0.5, 0.6) is 0 Å². The molecule has 0 radical (unpaired) electrons. The lowest BCUT2D eigenvalue weighted by Gasteiger charge is -2.53. The van der Waals surface area contributed by atoms with Crippen molar-refractivity contribution in [2.75, 3.05) is 24.7 Å². The van der Waals surface area contributed by atoms with Crippen molar-refractivity contribution in [1.82, 2.24) is 10.2 Å². The molecule has 0 aromatic carbocycles. The number of methoxy groups -OCH3 is 1. The zero-order valence-electron chi connectivity index (χ0n) is 9.72. The maximum absolute atomic E-state index is 11.8. The highest BCUT2D eigenvalue weighted by molar-refractivity contribution is 9.09. The Morgan fingerprint density at radius 3 is 3.06 bits per heavy atom. The SMILES string of the molecule is COC(=O)C1(CBr)CS[C@@H]2C(NC=O)C(=O)N2C1. The van der Waals surface area contributed by atoms with Gasteiger partial charge >= 0.3 is 5.97 Å². The standard InChI is InChI=1S/C10H13BrN2O4S/c1-17-9(16)10(2-11)3-13-7(15)6(12-5-14)8(13)18-4-10/h5-6,8H,2-4H2,1H3,(H,12,14)/t6?,8-,10?/m1/s1. The molecule has 2 fully saturated rings. The molecule has 2 unspecified atom stereocenters. The predicted octanol–water partition coefficient (Wildman–Crippen LogP) is -0.430. The van der Waals surface area contributed by atoms with Crippen molar-refractivity contribution in [3.63, 3.8) is 0 Å². The van der Waals surface area contributed by atoms with Gasteiger partial charge in [-0.2, -0.15) is 0 Å². The van der Waals surface area contributed by atoms with Crippen molar-refractivity contribution in [2.24, 2.45) is 5.41 Å². The van der Waals surface area contributed by atoms with Crippen molar-refractivity contribution in [1.29, 1.82) is 0 Å². The molecule has 0 aromatic heterocycles. The van der Waals surface area contributed by atoms with Crippen molar-refractivity contribution < 1.29 is 19.1 Å². The van der Waals surface area contributed by atoms with Crippen LogP contribution in [0.3, 0.4) is 0 Å². The van der Waals surface area contributed by atoms with E-state index in [1.165, 1.54) is 18.9 Å². The zero-order chi connectivity index (χ0) is 13.3. The Labute approximate surface area is 117 Å². The lowest BCUT2D eigenvalue weighted by atomic mass is 9.89. The molecule has 3 atom stereocenters. The second kappa shape index (κ2) is 5.08. The van der Waals surface area contributed by atoms with Gasteiger partial charge in [0.2, 0.25) is 12.3 Å². The Morgan fingerprint density at radius 1 is 1.78 bits per heavy atom. The second-order valence-corrected chi connectivity index (χ2v) is 6.00. The van der Waals surface area contributed by atoms with E-state index in [9.17, 15) is 14.4 Å². The van der Waals surface area contributed by atoms with Crippen LogP contribution in [-0.4, -0.2) is 59.3 Å². The number of β-lactam (4-membered cyclic amide) rings is 1. The first-order chi connectivity index (χ1) is 8.59. The normalized spacial score (nSPS) is 34.3. The number of thioether (sulfide) groups is 1. The van der Waals surface area contributed by atoms with Crippen molar-refractivity contribution >= 4 is 46.0 Å². The van der Waals surface area contributed by atoms with Crippen LogP contribution in [0.1, 0.15) is 0 Å². The van der Waals surface area contributed by atoms with Crippen LogP contribution in [-0.2, 0) is 19.1 Å². The molecule has 0 saturated carbocycles. The fourth-order valence-electron chi connectivity index (χ4n) is 2.20. The van der Waals surface area contributed by atoms with Gasteiger partial charge in [0.25, 0.3) is 0 Å². The highest BCUT2D eigenvalue weighted by Crippen LogP contribution is 2.43. The van der Waals surface area contributed by atoms with Gasteiger partial charge in [-0.15, -0.1) is 11.8 Å². The summed E-state index contributed by atoms with van der Waals surface area (Å²) in [5.41, 5.74) is -0.697. The van der Waals surface area contributed by atoms with Crippen LogP contribution in [0, 0.1) is 5.41 Å². The van der Waals surface area contributed by atoms with Gasteiger partial charge in [0.05, 0.1) is 7.11 Å². The average molecular weight is 337 g/mol. The maximum atomic E-state index is 11.8. The van der Waals surface area contributed by atoms with Gasteiger partial charge < -0.3 is 15.0 Å². The monoisotopic (exact) mass is 336 g/mol. The van der Waals surface area contributed by atoms with Gasteiger partial charge in [-0.1, -0.05) is 15.9 Å². The number of ether oxygens (including phenoxy) is 1. The second-order valence-electron chi connectivity index (χ2n) is 4.34. The summed E-state index contributed by atoms with van der Waals surface area (Å²) in [4.78, 5) is 35.7.